The monoisotopic (exact) mass is 995 g/mol. The largest absolute Gasteiger partial charge is 0.456 e. The molecule has 4 aliphatic carbocycles. The van der Waals surface area contributed by atoms with Gasteiger partial charge in [0.05, 0.1) is 5.41 Å². The number of rotatable bonds is 7. The van der Waals surface area contributed by atoms with Gasteiger partial charge in [-0.1, -0.05) is 225 Å². The van der Waals surface area contributed by atoms with E-state index in [4.69, 9.17) is 4.42 Å². The minimum atomic E-state index is -0.444. The molecule has 16 rings (SSSR count). The number of furan rings is 1. The van der Waals surface area contributed by atoms with Crippen molar-refractivity contribution < 1.29 is 4.42 Å². The molecular formula is C76H53NO. The third kappa shape index (κ3) is 6.69. The molecule has 0 saturated carbocycles. The quantitative estimate of drug-likeness (QED) is 0.158. The topological polar surface area (TPSA) is 16.4 Å². The van der Waals surface area contributed by atoms with E-state index in [1.54, 1.807) is 0 Å². The third-order valence-corrected chi connectivity index (χ3v) is 17.8. The molecule has 0 bridgehead atoms. The second kappa shape index (κ2) is 17.5. The van der Waals surface area contributed by atoms with Crippen molar-refractivity contribution in [1.29, 1.82) is 0 Å². The number of benzene rings is 11. The van der Waals surface area contributed by atoms with Gasteiger partial charge in [0, 0.05) is 33.8 Å². The lowest BCUT2D eigenvalue weighted by atomic mass is 9.64. The minimum absolute atomic E-state index is 0.260. The highest BCUT2D eigenvalue weighted by Crippen LogP contribution is 2.67. The van der Waals surface area contributed by atoms with Crippen molar-refractivity contribution in [3.05, 3.63) is 317 Å². The standard InChI is InChI=1S/C76H53NO/c1-48-45-56(47-68-64-22-10-13-25-70(64)76(74(48)68)69-24-12-9-21-63(69)65-43-44-72-73(75(65)76)66-23-11-14-26-71(66)78-72)53-35-41-59(42-36-53)77(57-37-31-51(32-38-57)49-15-3-2-4-16-49)58-39-33-52(34-40-58)50-27-29-54(30-28-50)67-46-55-17-5-6-18-60(55)61-19-7-8-20-62(61)67/h2-44,47-48,67H,45-46H2,1H3. The molecule has 0 amide bonds. The van der Waals surface area contributed by atoms with E-state index < -0.39 is 5.41 Å². The summed E-state index contributed by atoms with van der Waals surface area (Å²) < 4.78 is 6.64. The van der Waals surface area contributed by atoms with E-state index in [-0.39, 0.29) is 5.92 Å². The van der Waals surface area contributed by atoms with E-state index in [0.717, 1.165) is 41.1 Å². The van der Waals surface area contributed by atoms with Gasteiger partial charge in [-0.2, -0.15) is 0 Å². The summed E-state index contributed by atoms with van der Waals surface area (Å²) >= 11 is 0. The molecule has 1 aromatic heterocycles. The van der Waals surface area contributed by atoms with Gasteiger partial charge in [-0.15, -0.1) is 0 Å². The molecule has 4 aliphatic rings. The zero-order chi connectivity index (χ0) is 51.5. The fourth-order valence-corrected chi connectivity index (χ4v) is 14.4. The van der Waals surface area contributed by atoms with Crippen LogP contribution in [-0.4, -0.2) is 0 Å². The van der Waals surface area contributed by atoms with Crippen molar-refractivity contribution in [1.82, 2.24) is 0 Å². The first-order chi connectivity index (χ1) is 38.6. The van der Waals surface area contributed by atoms with Crippen LogP contribution in [0.5, 0.6) is 0 Å². The molecule has 0 radical (unpaired) electrons. The zero-order valence-electron chi connectivity index (χ0n) is 43.3. The van der Waals surface area contributed by atoms with E-state index in [2.05, 4.69) is 279 Å². The highest BCUT2D eigenvalue weighted by Gasteiger charge is 2.55. The van der Waals surface area contributed by atoms with Crippen molar-refractivity contribution in [2.75, 3.05) is 4.90 Å². The number of anilines is 3. The van der Waals surface area contributed by atoms with E-state index in [9.17, 15) is 0 Å². The van der Waals surface area contributed by atoms with Crippen LogP contribution in [0.1, 0.15) is 63.8 Å². The first-order valence-electron chi connectivity index (χ1n) is 27.6. The van der Waals surface area contributed by atoms with Crippen LogP contribution < -0.4 is 4.90 Å². The summed E-state index contributed by atoms with van der Waals surface area (Å²) in [6, 6.07) is 96.7. The van der Waals surface area contributed by atoms with Crippen molar-refractivity contribution in [3.8, 4) is 44.5 Å². The van der Waals surface area contributed by atoms with Crippen LogP contribution in [0.4, 0.5) is 17.1 Å². The Bertz CT molecular complexity index is 4420. The first kappa shape index (κ1) is 44.8. The first-order valence-corrected chi connectivity index (χ1v) is 27.6. The lowest BCUT2D eigenvalue weighted by Gasteiger charge is -2.37. The molecule has 1 spiro atoms. The zero-order valence-corrected chi connectivity index (χ0v) is 43.3. The maximum atomic E-state index is 6.64. The van der Waals surface area contributed by atoms with Crippen molar-refractivity contribution in [3.63, 3.8) is 0 Å². The maximum absolute atomic E-state index is 6.64. The highest BCUT2D eigenvalue weighted by molar-refractivity contribution is 6.14. The van der Waals surface area contributed by atoms with Gasteiger partial charge in [-0.25, -0.2) is 0 Å². The fraction of sp³-hybridized carbons (Fsp3) is 0.0789. The van der Waals surface area contributed by atoms with E-state index in [0.29, 0.717) is 5.92 Å². The molecular weight excluding hydrogens is 943 g/mol. The van der Waals surface area contributed by atoms with Crippen LogP contribution in [0, 0.1) is 5.92 Å². The third-order valence-electron chi connectivity index (χ3n) is 17.8. The normalized spacial score (nSPS) is 17.5. The smallest absolute Gasteiger partial charge is 0.135 e. The van der Waals surface area contributed by atoms with Crippen molar-refractivity contribution in [2.24, 2.45) is 5.92 Å². The molecule has 0 aliphatic heterocycles. The SMILES string of the molecule is CC1CC(c2ccc(N(c3ccc(-c4ccccc4)cc3)c3ccc(-c4ccc(C5Cc6ccccc6-c6ccccc65)cc4)cc3)cc2)=CC2=C1C1(c3ccccc32)c2ccccc2-c2ccc3oc4ccccc4c3c21. The lowest BCUT2D eigenvalue weighted by Crippen LogP contribution is -2.31. The Morgan fingerprint density at radius 2 is 0.949 bits per heavy atom. The summed E-state index contributed by atoms with van der Waals surface area (Å²) in [5, 5.41) is 2.41. The van der Waals surface area contributed by atoms with Crippen LogP contribution in [0.25, 0.3) is 77.6 Å². The molecule has 3 unspecified atom stereocenters. The van der Waals surface area contributed by atoms with Gasteiger partial charge in [-0.05, 0) is 173 Å². The summed E-state index contributed by atoms with van der Waals surface area (Å²) in [6.07, 6.45) is 4.47. The van der Waals surface area contributed by atoms with Gasteiger partial charge >= 0.3 is 0 Å². The van der Waals surface area contributed by atoms with Crippen LogP contribution in [0.3, 0.4) is 0 Å². The summed E-state index contributed by atoms with van der Waals surface area (Å²) in [6.45, 7) is 2.46. The number of allylic oxidation sites excluding steroid dienone is 4. The van der Waals surface area contributed by atoms with E-state index in [1.807, 2.05) is 0 Å². The van der Waals surface area contributed by atoms with Gasteiger partial charge in [0.25, 0.3) is 0 Å². The highest BCUT2D eigenvalue weighted by atomic mass is 16.3. The summed E-state index contributed by atoms with van der Waals surface area (Å²) in [5.41, 5.74) is 30.0. The molecule has 0 saturated heterocycles. The average molecular weight is 996 g/mol. The molecule has 1 heterocycles. The van der Waals surface area contributed by atoms with Crippen LogP contribution >= 0.6 is 0 Å². The minimum Gasteiger partial charge on any atom is -0.456 e. The van der Waals surface area contributed by atoms with Crippen LogP contribution in [0.2, 0.25) is 0 Å². The predicted octanol–water partition coefficient (Wildman–Crippen LogP) is 20.0. The molecule has 3 atom stereocenters. The summed E-state index contributed by atoms with van der Waals surface area (Å²) in [4.78, 5) is 2.40. The molecule has 0 N–H and O–H groups in total. The van der Waals surface area contributed by atoms with Crippen LogP contribution in [-0.2, 0) is 11.8 Å². The number of para-hydroxylation sites is 1. The summed E-state index contributed by atoms with van der Waals surface area (Å²) in [5.74, 6) is 0.582. The molecule has 2 heteroatoms. The molecule has 78 heavy (non-hydrogen) atoms. The van der Waals surface area contributed by atoms with Gasteiger partial charge in [-0.3, -0.25) is 0 Å². The van der Waals surface area contributed by atoms with Gasteiger partial charge in [0.2, 0.25) is 0 Å². The molecule has 12 aromatic rings. The summed E-state index contributed by atoms with van der Waals surface area (Å²) in [7, 11) is 0. The Labute approximate surface area is 455 Å². The van der Waals surface area contributed by atoms with Gasteiger partial charge in [0.1, 0.15) is 11.2 Å². The van der Waals surface area contributed by atoms with E-state index in [1.165, 1.54) is 117 Å². The maximum Gasteiger partial charge on any atom is 0.135 e. The molecule has 11 aromatic carbocycles. The fourth-order valence-electron chi connectivity index (χ4n) is 14.4. The second-order valence-corrected chi connectivity index (χ2v) is 21.9. The number of fused-ring (bicyclic) bond motifs is 16. The molecule has 0 fully saturated rings. The average Bonchev–Trinajstić information content (AvgIpc) is 4.04. The Kier molecular flexibility index (Phi) is 10.1. The second-order valence-electron chi connectivity index (χ2n) is 21.9. The molecule has 2 nitrogen and oxygen atoms in total. The van der Waals surface area contributed by atoms with Crippen molar-refractivity contribution in [2.45, 2.75) is 31.1 Å². The number of hydrogen-bond donors (Lipinski definition) is 0. The van der Waals surface area contributed by atoms with Crippen molar-refractivity contribution >= 4 is 50.1 Å². The number of nitrogens with zero attached hydrogens (tertiary/aromatic N) is 1. The van der Waals surface area contributed by atoms with Gasteiger partial charge in [0.15, 0.2) is 0 Å². The lowest BCUT2D eigenvalue weighted by molar-refractivity contribution is 0.599. The number of hydrogen-bond acceptors (Lipinski definition) is 2. The Morgan fingerprint density at radius 3 is 1.65 bits per heavy atom. The van der Waals surface area contributed by atoms with Crippen LogP contribution in [0.15, 0.2) is 277 Å². The predicted molar refractivity (Wildman–Crippen MR) is 324 cm³/mol. The van der Waals surface area contributed by atoms with Gasteiger partial charge < -0.3 is 9.32 Å². The Balaban J connectivity index is 0.763. The molecule has 368 valence electrons. The Morgan fingerprint density at radius 1 is 0.410 bits per heavy atom. The van der Waals surface area contributed by atoms with E-state index >= 15 is 0 Å². The Hall–Kier alpha value is -9.50.